The van der Waals surface area contributed by atoms with E-state index in [0.29, 0.717) is 29.6 Å². The molecule has 0 fully saturated rings. The topological polar surface area (TPSA) is 103 Å². The maximum absolute atomic E-state index is 6.31. The van der Waals surface area contributed by atoms with Crippen LogP contribution in [0, 0.1) is 6.92 Å². The van der Waals surface area contributed by atoms with Crippen molar-refractivity contribution in [1.82, 2.24) is 19.8 Å². The van der Waals surface area contributed by atoms with Crippen LogP contribution >= 0.6 is 0 Å². The minimum Gasteiger partial charge on any atom is -0.493 e. The Kier molecular flexibility index (Phi) is 6.40. The van der Waals surface area contributed by atoms with E-state index in [1.807, 2.05) is 31.2 Å². The molecule has 0 amide bonds. The monoisotopic (exact) mass is 448 g/mol. The first kappa shape index (κ1) is 22.8. The van der Waals surface area contributed by atoms with Crippen molar-refractivity contribution in [2.45, 2.75) is 6.92 Å². The first-order valence-corrected chi connectivity index (χ1v) is 11.0. The summed E-state index contributed by atoms with van der Waals surface area (Å²) in [6, 6.07) is 7.80. The van der Waals surface area contributed by atoms with Gasteiger partial charge in [-0.1, -0.05) is 6.07 Å². The lowest BCUT2D eigenvalue weighted by Gasteiger charge is -2.20. The molecule has 8 nitrogen and oxygen atoms in total. The molecule has 0 saturated heterocycles. The van der Waals surface area contributed by atoms with Crippen molar-refractivity contribution in [3.8, 4) is 11.5 Å². The molecule has 0 radical (unpaired) electrons. The molecule has 4 N–H and O–H groups in total. The van der Waals surface area contributed by atoms with Gasteiger partial charge >= 0.3 is 0 Å². The Morgan fingerprint density at radius 3 is 2.45 bits per heavy atom. The number of benzene rings is 2. The maximum Gasteiger partial charge on any atom is 0.163 e. The molecule has 4 aromatic rings. The second kappa shape index (κ2) is 9.25. The van der Waals surface area contributed by atoms with Gasteiger partial charge in [0.05, 0.1) is 18.1 Å². The number of likely N-dealkylation sites (N-methyl/N-ethyl adjacent to an activating group) is 2. The van der Waals surface area contributed by atoms with Gasteiger partial charge in [-0.2, -0.15) is 0 Å². The van der Waals surface area contributed by atoms with Crippen molar-refractivity contribution in [3.63, 3.8) is 0 Å². The second-order valence-electron chi connectivity index (χ2n) is 8.70. The fourth-order valence-electron chi connectivity index (χ4n) is 3.99. The zero-order valence-corrected chi connectivity index (χ0v) is 20.0. The number of pyridine rings is 2. The third-order valence-electron chi connectivity index (χ3n) is 6.06. The van der Waals surface area contributed by atoms with Crippen LogP contribution in [0.4, 0.5) is 11.5 Å². The summed E-state index contributed by atoms with van der Waals surface area (Å²) in [5, 5.41) is 3.70. The smallest absolute Gasteiger partial charge is 0.163 e. The van der Waals surface area contributed by atoms with E-state index in [2.05, 4.69) is 40.9 Å². The van der Waals surface area contributed by atoms with Gasteiger partial charge in [0.1, 0.15) is 12.4 Å². The number of anilines is 2. The quantitative estimate of drug-likeness (QED) is 0.313. The molecular weight excluding hydrogens is 416 g/mol. The molecule has 2 heterocycles. The molecule has 0 bridgehead atoms. The number of aromatic nitrogens is 2. The Labute approximate surface area is 194 Å². The predicted molar refractivity (Wildman–Crippen MR) is 136 cm³/mol. The Morgan fingerprint density at radius 1 is 0.939 bits per heavy atom. The number of hydrogen-bond acceptors (Lipinski definition) is 8. The SMILES string of the molecule is COc1cc2c(cc1OCCN(C)CCN(C)C)ncc1c(N)nc3c(C)c(N)ccc3c12. The van der Waals surface area contributed by atoms with Gasteiger partial charge in [-0.05, 0) is 45.8 Å². The van der Waals surface area contributed by atoms with Crippen molar-refractivity contribution in [2.24, 2.45) is 0 Å². The van der Waals surface area contributed by atoms with Gasteiger partial charge in [0.15, 0.2) is 11.5 Å². The van der Waals surface area contributed by atoms with Crippen molar-refractivity contribution in [2.75, 3.05) is 66.0 Å². The fourth-order valence-corrected chi connectivity index (χ4v) is 3.99. The Morgan fingerprint density at radius 2 is 1.73 bits per heavy atom. The number of aryl methyl sites for hydroxylation is 1. The number of hydrogen-bond donors (Lipinski definition) is 2. The first-order chi connectivity index (χ1) is 15.8. The third-order valence-corrected chi connectivity index (χ3v) is 6.06. The van der Waals surface area contributed by atoms with Crippen LogP contribution in [0.2, 0.25) is 0 Å². The zero-order valence-electron chi connectivity index (χ0n) is 20.0. The van der Waals surface area contributed by atoms with E-state index < -0.39 is 0 Å². The van der Waals surface area contributed by atoms with E-state index in [9.17, 15) is 0 Å². The molecule has 8 heteroatoms. The van der Waals surface area contributed by atoms with E-state index in [-0.39, 0.29) is 0 Å². The molecule has 2 aromatic carbocycles. The number of ether oxygens (including phenoxy) is 2. The van der Waals surface area contributed by atoms with E-state index in [1.54, 1.807) is 13.3 Å². The average Bonchev–Trinajstić information content (AvgIpc) is 2.79. The van der Waals surface area contributed by atoms with E-state index in [0.717, 1.165) is 57.8 Å². The summed E-state index contributed by atoms with van der Waals surface area (Å²) in [4.78, 5) is 13.7. The highest BCUT2D eigenvalue weighted by atomic mass is 16.5. The van der Waals surface area contributed by atoms with Gasteiger partial charge in [-0.25, -0.2) is 4.98 Å². The van der Waals surface area contributed by atoms with E-state index >= 15 is 0 Å². The number of nitrogens with zero attached hydrogens (tertiary/aromatic N) is 4. The van der Waals surface area contributed by atoms with Gasteiger partial charge < -0.3 is 30.7 Å². The van der Waals surface area contributed by atoms with Crippen LogP contribution in [-0.2, 0) is 0 Å². The normalized spacial score (nSPS) is 11.8. The van der Waals surface area contributed by atoms with Gasteiger partial charge in [0.2, 0.25) is 0 Å². The lowest BCUT2D eigenvalue weighted by atomic mass is 9.99. The number of nitrogen functional groups attached to an aromatic ring is 2. The Bertz CT molecular complexity index is 1320. The predicted octanol–water partition coefficient (Wildman–Crippen LogP) is 3.29. The summed E-state index contributed by atoms with van der Waals surface area (Å²) in [6.45, 7) is 5.31. The van der Waals surface area contributed by atoms with E-state index in [4.69, 9.17) is 20.9 Å². The van der Waals surface area contributed by atoms with Gasteiger partial charge in [-0.3, -0.25) is 4.98 Å². The van der Waals surface area contributed by atoms with Crippen LogP contribution < -0.4 is 20.9 Å². The summed E-state index contributed by atoms with van der Waals surface area (Å²) in [6.07, 6.45) is 1.77. The van der Waals surface area contributed by atoms with Crippen LogP contribution in [-0.4, -0.2) is 74.3 Å². The molecule has 0 spiro atoms. The van der Waals surface area contributed by atoms with Crippen LogP contribution in [0.5, 0.6) is 11.5 Å². The standard InChI is InChI=1S/C25H32N6O2/c1-15-19(26)7-6-16-23-17-12-21(32-5)22(33-11-10-31(4)9-8-30(2)3)13-20(17)28-14-18(23)25(27)29-24(15)16/h6-7,12-14H,8-11,26H2,1-5H3,(H2,27,29). The molecule has 0 aliphatic rings. The molecule has 0 aliphatic carbocycles. The van der Waals surface area contributed by atoms with Gasteiger partial charge in [0.25, 0.3) is 0 Å². The molecule has 2 aromatic heterocycles. The molecule has 4 rings (SSSR count). The van der Waals surface area contributed by atoms with Crippen LogP contribution in [0.1, 0.15) is 5.56 Å². The first-order valence-electron chi connectivity index (χ1n) is 11.0. The van der Waals surface area contributed by atoms with Crippen molar-refractivity contribution in [1.29, 1.82) is 0 Å². The molecular formula is C25H32N6O2. The number of fused-ring (bicyclic) bond motifs is 5. The van der Waals surface area contributed by atoms with Gasteiger partial charge in [0, 0.05) is 59.1 Å². The summed E-state index contributed by atoms with van der Waals surface area (Å²) in [7, 11) is 7.89. The lowest BCUT2D eigenvalue weighted by Crippen LogP contribution is -2.31. The highest BCUT2D eigenvalue weighted by Gasteiger charge is 2.16. The Hall–Kier alpha value is -3.36. The molecule has 0 aliphatic heterocycles. The Balaban J connectivity index is 1.75. The summed E-state index contributed by atoms with van der Waals surface area (Å²) >= 11 is 0. The minimum atomic E-state index is 0.431. The van der Waals surface area contributed by atoms with Crippen LogP contribution in [0.15, 0.2) is 30.5 Å². The van der Waals surface area contributed by atoms with Gasteiger partial charge in [-0.15, -0.1) is 0 Å². The van der Waals surface area contributed by atoms with Crippen LogP contribution in [0.3, 0.4) is 0 Å². The average molecular weight is 449 g/mol. The summed E-state index contributed by atoms with van der Waals surface area (Å²) < 4.78 is 11.8. The minimum absolute atomic E-state index is 0.431. The number of rotatable bonds is 8. The lowest BCUT2D eigenvalue weighted by molar-refractivity contribution is 0.217. The van der Waals surface area contributed by atoms with Crippen LogP contribution in [0.25, 0.3) is 32.6 Å². The zero-order chi connectivity index (χ0) is 23.7. The fraction of sp³-hybridized carbons (Fsp3) is 0.360. The van der Waals surface area contributed by atoms with E-state index in [1.165, 1.54) is 0 Å². The largest absolute Gasteiger partial charge is 0.493 e. The molecule has 0 unspecified atom stereocenters. The maximum atomic E-state index is 6.31. The second-order valence-corrected chi connectivity index (χ2v) is 8.70. The summed E-state index contributed by atoms with van der Waals surface area (Å²) in [5.74, 6) is 1.76. The van der Waals surface area contributed by atoms with Crippen molar-refractivity contribution >= 4 is 44.1 Å². The molecule has 33 heavy (non-hydrogen) atoms. The number of methoxy groups -OCH3 is 1. The third kappa shape index (κ3) is 4.44. The highest BCUT2D eigenvalue weighted by molar-refractivity contribution is 6.21. The van der Waals surface area contributed by atoms with Crippen molar-refractivity contribution < 1.29 is 9.47 Å². The highest BCUT2D eigenvalue weighted by Crippen LogP contribution is 2.39. The van der Waals surface area contributed by atoms with Crippen molar-refractivity contribution in [3.05, 3.63) is 36.0 Å². The molecule has 0 atom stereocenters. The molecule has 174 valence electrons. The number of nitrogens with two attached hydrogens (primary N) is 2. The summed E-state index contributed by atoms with van der Waals surface area (Å²) in [5.41, 5.74) is 15.6. The molecule has 0 saturated carbocycles.